The molecule has 0 N–H and O–H groups in total. The summed E-state index contributed by atoms with van der Waals surface area (Å²) in [6.45, 7) is 0.940. The van der Waals surface area contributed by atoms with E-state index in [2.05, 4.69) is 15.8 Å². The lowest BCUT2D eigenvalue weighted by molar-refractivity contribution is -0.00541. The zero-order valence-corrected chi connectivity index (χ0v) is 7.49. The van der Waals surface area contributed by atoms with Gasteiger partial charge in [-0.1, -0.05) is 12.2 Å². The van der Waals surface area contributed by atoms with Crippen LogP contribution in [0.2, 0.25) is 0 Å². The van der Waals surface area contributed by atoms with E-state index < -0.39 is 0 Å². The van der Waals surface area contributed by atoms with Gasteiger partial charge in [0.2, 0.25) is 0 Å². The van der Waals surface area contributed by atoms with Gasteiger partial charge in [0.25, 0.3) is 5.71 Å². The van der Waals surface area contributed by atoms with Crippen molar-refractivity contribution in [3.63, 3.8) is 0 Å². The molecule has 0 saturated carbocycles. The van der Waals surface area contributed by atoms with Gasteiger partial charge in [0.15, 0.2) is 0 Å². The van der Waals surface area contributed by atoms with Gasteiger partial charge in [-0.2, -0.15) is 4.79 Å². The fourth-order valence-electron chi connectivity index (χ4n) is 1.13. The number of allylic oxidation sites excluding steroid dienone is 2. The lowest BCUT2D eigenvalue weighted by atomic mass is 10.1. The predicted molar refractivity (Wildman–Crippen MR) is 49.0 cm³/mol. The third-order valence-corrected chi connectivity index (χ3v) is 1.69. The molecule has 0 fully saturated rings. The molecule has 0 aromatic rings. The first-order chi connectivity index (χ1) is 5.72. The summed E-state index contributed by atoms with van der Waals surface area (Å²) in [7, 11) is 4.06. The minimum atomic E-state index is 0.720. The summed E-state index contributed by atoms with van der Waals surface area (Å²) in [4.78, 5) is 5.24. The quantitative estimate of drug-likeness (QED) is 0.444. The molecule has 12 heavy (non-hydrogen) atoms. The average Bonchev–Trinajstić information content (AvgIpc) is 2.05. The third kappa shape index (κ3) is 2.46. The Morgan fingerprint density at radius 3 is 2.67 bits per heavy atom. The van der Waals surface area contributed by atoms with Crippen LogP contribution < -0.4 is 0 Å². The van der Waals surface area contributed by atoms with Crippen LogP contribution in [0.25, 0.3) is 5.53 Å². The van der Waals surface area contributed by atoms with Crippen molar-refractivity contribution in [3.8, 4) is 0 Å². The average molecular weight is 163 g/mol. The van der Waals surface area contributed by atoms with Gasteiger partial charge in [0.1, 0.15) is 0 Å². The van der Waals surface area contributed by atoms with Gasteiger partial charge in [0, 0.05) is 12.6 Å². The molecule has 1 aliphatic carbocycles. The zero-order valence-electron chi connectivity index (χ0n) is 7.49. The van der Waals surface area contributed by atoms with Crippen molar-refractivity contribution in [2.24, 2.45) is 0 Å². The summed E-state index contributed by atoms with van der Waals surface area (Å²) >= 11 is 0. The highest BCUT2D eigenvalue weighted by Crippen LogP contribution is 2.07. The molecule has 0 bridgehead atoms. The molecule has 0 aromatic carbocycles. The molecule has 3 nitrogen and oxygen atoms in total. The molecule has 0 radical (unpaired) electrons. The molecule has 0 aliphatic heterocycles. The minimum Gasteiger partial charge on any atom is -0.361 e. The van der Waals surface area contributed by atoms with Gasteiger partial charge >= 0.3 is 0 Å². The maximum Gasteiger partial charge on any atom is 0.295 e. The van der Waals surface area contributed by atoms with E-state index in [1.165, 1.54) is 5.57 Å². The van der Waals surface area contributed by atoms with Crippen molar-refractivity contribution in [1.29, 1.82) is 0 Å². The van der Waals surface area contributed by atoms with Crippen LogP contribution in [0.5, 0.6) is 0 Å². The molecule has 0 spiro atoms. The Balaban J connectivity index is 2.58. The Morgan fingerprint density at radius 1 is 1.50 bits per heavy atom. The van der Waals surface area contributed by atoms with Gasteiger partial charge in [-0.3, -0.25) is 0 Å². The molecule has 0 aromatic heterocycles. The SMILES string of the molecule is CN(C)CC1=CCC(=[N+]=[N-])C=C1. The van der Waals surface area contributed by atoms with Crippen molar-refractivity contribution in [1.82, 2.24) is 4.90 Å². The van der Waals surface area contributed by atoms with Crippen molar-refractivity contribution in [2.75, 3.05) is 20.6 Å². The largest absolute Gasteiger partial charge is 0.361 e. The van der Waals surface area contributed by atoms with Crippen LogP contribution in [-0.2, 0) is 0 Å². The Labute approximate surface area is 72.6 Å². The van der Waals surface area contributed by atoms with Gasteiger partial charge in [-0.15, -0.1) is 0 Å². The lowest BCUT2D eigenvalue weighted by Crippen LogP contribution is -2.15. The van der Waals surface area contributed by atoms with E-state index in [-0.39, 0.29) is 0 Å². The van der Waals surface area contributed by atoms with Crippen LogP contribution in [0.3, 0.4) is 0 Å². The van der Waals surface area contributed by atoms with E-state index in [1.807, 2.05) is 26.2 Å². The van der Waals surface area contributed by atoms with Crippen LogP contribution in [0.4, 0.5) is 0 Å². The lowest BCUT2D eigenvalue weighted by Gasteiger charge is -2.11. The van der Waals surface area contributed by atoms with Gasteiger partial charge in [-0.05, 0) is 19.7 Å². The second-order valence-corrected chi connectivity index (χ2v) is 3.15. The highest BCUT2D eigenvalue weighted by atomic mass is 15.0. The van der Waals surface area contributed by atoms with E-state index in [0.29, 0.717) is 0 Å². The monoisotopic (exact) mass is 163 g/mol. The highest BCUT2D eigenvalue weighted by Gasteiger charge is 2.07. The fourth-order valence-corrected chi connectivity index (χ4v) is 1.13. The van der Waals surface area contributed by atoms with Crippen LogP contribution in [0, 0.1) is 0 Å². The van der Waals surface area contributed by atoms with Crippen LogP contribution in [-0.4, -0.2) is 36.0 Å². The minimum absolute atomic E-state index is 0.720. The molecular weight excluding hydrogens is 150 g/mol. The van der Waals surface area contributed by atoms with Crippen LogP contribution >= 0.6 is 0 Å². The van der Waals surface area contributed by atoms with E-state index in [4.69, 9.17) is 5.53 Å². The van der Waals surface area contributed by atoms with E-state index in [9.17, 15) is 0 Å². The number of rotatable bonds is 2. The summed E-state index contributed by atoms with van der Waals surface area (Å²) in [5.41, 5.74) is 10.4. The van der Waals surface area contributed by atoms with Crippen molar-refractivity contribution in [3.05, 3.63) is 29.3 Å². The number of likely N-dealkylation sites (N-methyl/N-ethyl adjacent to an activating group) is 1. The molecule has 0 heterocycles. The number of hydrogen-bond donors (Lipinski definition) is 0. The standard InChI is InChI=1S/C9H13N3/c1-12(2)7-8-3-5-9(11-10)6-4-8/h3-5H,6-7H2,1-2H3. The second kappa shape index (κ2) is 4.00. The first-order valence-corrected chi connectivity index (χ1v) is 3.95. The molecule has 1 rings (SSSR count). The summed E-state index contributed by atoms with van der Waals surface area (Å²) in [6, 6.07) is 0. The first kappa shape index (κ1) is 8.91. The molecule has 3 heteroatoms. The summed E-state index contributed by atoms with van der Waals surface area (Å²) < 4.78 is 0. The fraction of sp³-hybridized carbons (Fsp3) is 0.444. The Kier molecular flexibility index (Phi) is 2.97. The van der Waals surface area contributed by atoms with Crippen molar-refractivity contribution < 1.29 is 4.79 Å². The van der Waals surface area contributed by atoms with E-state index >= 15 is 0 Å². The maximum atomic E-state index is 8.46. The van der Waals surface area contributed by atoms with Crippen molar-refractivity contribution >= 4 is 5.71 Å². The molecule has 0 atom stereocenters. The number of nitrogens with zero attached hydrogens (tertiary/aromatic N) is 3. The zero-order chi connectivity index (χ0) is 8.97. The first-order valence-electron chi connectivity index (χ1n) is 3.95. The predicted octanol–water partition coefficient (Wildman–Crippen LogP) is 1.11. The molecular formula is C9H13N3. The van der Waals surface area contributed by atoms with Crippen LogP contribution in [0.15, 0.2) is 23.8 Å². The molecule has 1 aliphatic rings. The van der Waals surface area contributed by atoms with Gasteiger partial charge in [-0.25, -0.2) is 0 Å². The summed E-state index contributed by atoms with van der Waals surface area (Å²) in [6.07, 6.45) is 6.64. The Bertz CT molecular complexity index is 267. The molecule has 0 amide bonds. The summed E-state index contributed by atoms with van der Waals surface area (Å²) in [5.74, 6) is 0. The van der Waals surface area contributed by atoms with Crippen molar-refractivity contribution in [2.45, 2.75) is 6.42 Å². The smallest absolute Gasteiger partial charge is 0.295 e. The van der Waals surface area contributed by atoms with E-state index in [1.54, 1.807) is 0 Å². The summed E-state index contributed by atoms with van der Waals surface area (Å²) in [5, 5.41) is 0. The third-order valence-electron chi connectivity index (χ3n) is 1.69. The second-order valence-electron chi connectivity index (χ2n) is 3.15. The topological polar surface area (TPSA) is 39.6 Å². The Morgan fingerprint density at radius 2 is 2.25 bits per heavy atom. The maximum absolute atomic E-state index is 8.46. The number of hydrogen-bond acceptors (Lipinski definition) is 1. The Hall–Kier alpha value is -1.18. The molecule has 64 valence electrons. The molecule has 0 unspecified atom stereocenters. The van der Waals surface area contributed by atoms with Gasteiger partial charge < -0.3 is 10.4 Å². The van der Waals surface area contributed by atoms with Crippen LogP contribution in [0.1, 0.15) is 6.42 Å². The van der Waals surface area contributed by atoms with E-state index in [0.717, 1.165) is 18.7 Å². The molecule has 0 saturated heterocycles. The highest BCUT2D eigenvalue weighted by molar-refractivity contribution is 5.93. The normalized spacial score (nSPS) is 16.2. The van der Waals surface area contributed by atoms with Gasteiger partial charge in [0.05, 0.1) is 6.42 Å².